The molecule has 120 valence electrons. The van der Waals surface area contributed by atoms with Gasteiger partial charge in [-0.1, -0.05) is 30.3 Å². The molecule has 2 aromatic heterocycles. The molecule has 1 atom stereocenters. The molecule has 1 N–H and O–H groups in total. The molecule has 1 aromatic carbocycles. The van der Waals surface area contributed by atoms with Crippen LogP contribution in [0.5, 0.6) is 0 Å². The fourth-order valence-electron chi connectivity index (χ4n) is 2.24. The number of benzene rings is 1. The lowest BCUT2D eigenvalue weighted by atomic mass is 10.2. The number of likely N-dealkylation sites (N-methyl/N-ethyl adjacent to an activating group) is 1. The Balaban J connectivity index is 1.91. The van der Waals surface area contributed by atoms with Crippen molar-refractivity contribution in [1.82, 2.24) is 30.2 Å². The second-order valence-electron chi connectivity index (χ2n) is 5.36. The van der Waals surface area contributed by atoms with Crippen molar-refractivity contribution in [3.63, 3.8) is 0 Å². The molecular formula is C16H20N6O. The van der Waals surface area contributed by atoms with Crippen molar-refractivity contribution < 1.29 is 4.52 Å². The van der Waals surface area contributed by atoms with E-state index in [1.54, 1.807) is 0 Å². The van der Waals surface area contributed by atoms with Crippen LogP contribution in [0.2, 0.25) is 0 Å². The van der Waals surface area contributed by atoms with Gasteiger partial charge in [-0.2, -0.15) is 4.98 Å². The van der Waals surface area contributed by atoms with Crippen molar-refractivity contribution >= 4 is 0 Å². The monoisotopic (exact) mass is 312 g/mol. The van der Waals surface area contributed by atoms with Crippen LogP contribution in [0.3, 0.4) is 0 Å². The first kappa shape index (κ1) is 15.4. The first-order valence-corrected chi connectivity index (χ1v) is 7.72. The Hall–Kier alpha value is -2.54. The van der Waals surface area contributed by atoms with Crippen molar-refractivity contribution in [1.29, 1.82) is 0 Å². The average Bonchev–Trinajstić information content (AvgIpc) is 3.22. The van der Waals surface area contributed by atoms with E-state index in [1.165, 1.54) is 0 Å². The number of rotatable bonds is 6. The van der Waals surface area contributed by atoms with E-state index in [4.69, 9.17) is 4.52 Å². The molecule has 0 spiro atoms. The molecule has 23 heavy (non-hydrogen) atoms. The molecule has 0 bridgehead atoms. The van der Waals surface area contributed by atoms with E-state index in [0.29, 0.717) is 24.0 Å². The molecule has 0 amide bonds. The van der Waals surface area contributed by atoms with Gasteiger partial charge >= 0.3 is 0 Å². The van der Waals surface area contributed by atoms with Crippen LogP contribution in [0.25, 0.3) is 17.4 Å². The highest BCUT2D eigenvalue weighted by Gasteiger charge is 2.18. The molecule has 0 aliphatic heterocycles. The molecule has 0 aliphatic carbocycles. The van der Waals surface area contributed by atoms with E-state index >= 15 is 0 Å². The molecule has 0 radical (unpaired) electrons. The number of hydrogen-bond donors (Lipinski definition) is 1. The van der Waals surface area contributed by atoms with Gasteiger partial charge in [-0.25, -0.2) is 9.67 Å². The number of aromatic nitrogens is 5. The first-order chi connectivity index (χ1) is 11.2. The zero-order valence-corrected chi connectivity index (χ0v) is 13.5. The topological polar surface area (TPSA) is 81.7 Å². The van der Waals surface area contributed by atoms with Crippen LogP contribution in [0.4, 0.5) is 0 Å². The van der Waals surface area contributed by atoms with Gasteiger partial charge in [0.15, 0.2) is 5.82 Å². The number of para-hydroxylation sites is 1. The Morgan fingerprint density at radius 3 is 2.70 bits per heavy atom. The summed E-state index contributed by atoms with van der Waals surface area (Å²) in [5, 5.41) is 11.7. The van der Waals surface area contributed by atoms with E-state index in [-0.39, 0.29) is 6.04 Å². The quantitative estimate of drug-likeness (QED) is 0.750. The third-order valence-electron chi connectivity index (χ3n) is 3.63. The van der Waals surface area contributed by atoms with Crippen molar-refractivity contribution in [2.75, 3.05) is 7.05 Å². The van der Waals surface area contributed by atoms with E-state index in [0.717, 1.165) is 17.9 Å². The highest BCUT2D eigenvalue weighted by atomic mass is 16.5. The van der Waals surface area contributed by atoms with Gasteiger partial charge < -0.3 is 9.84 Å². The molecule has 1 unspecified atom stereocenters. The van der Waals surface area contributed by atoms with Gasteiger partial charge in [0.05, 0.1) is 5.69 Å². The lowest BCUT2D eigenvalue weighted by molar-refractivity contribution is 0.416. The number of nitrogens with zero attached hydrogens (tertiary/aromatic N) is 5. The fourth-order valence-corrected chi connectivity index (χ4v) is 2.24. The highest BCUT2D eigenvalue weighted by molar-refractivity contribution is 5.41. The van der Waals surface area contributed by atoms with Gasteiger partial charge in [0.2, 0.25) is 5.82 Å². The van der Waals surface area contributed by atoms with Gasteiger partial charge in [-0.05, 0) is 26.1 Å². The van der Waals surface area contributed by atoms with Crippen LogP contribution in [0.1, 0.15) is 25.5 Å². The van der Waals surface area contributed by atoms with Gasteiger partial charge in [0, 0.05) is 18.9 Å². The smallest absolute Gasteiger partial charge is 0.297 e. The number of hydrogen-bond acceptors (Lipinski definition) is 6. The summed E-state index contributed by atoms with van der Waals surface area (Å²) in [7, 11) is 1.91. The van der Waals surface area contributed by atoms with Gasteiger partial charge in [0.1, 0.15) is 5.82 Å². The van der Waals surface area contributed by atoms with E-state index in [2.05, 4.69) is 32.5 Å². The SMILES string of the molecule is CCc1nc(-c2nc(CC(C)NC)no2)nn1-c1ccccc1. The summed E-state index contributed by atoms with van der Waals surface area (Å²) >= 11 is 0. The minimum Gasteiger partial charge on any atom is -0.330 e. The molecule has 3 rings (SSSR count). The largest absolute Gasteiger partial charge is 0.330 e. The summed E-state index contributed by atoms with van der Waals surface area (Å²) in [6.45, 7) is 4.11. The fraction of sp³-hybridized carbons (Fsp3) is 0.375. The molecule has 0 aliphatic rings. The minimum atomic E-state index is 0.279. The van der Waals surface area contributed by atoms with Crippen LogP contribution in [-0.4, -0.2) is 38.0 Å². The molecule has 2 heterocycles. The van der Waals surface area contributed by atoms with Crippen molar-refractivity contribution in [2.45, 2.75) is 32.7 Å². The summed E-state index contributed by atoms with van der Waals surface area (Å²) in [6, 6.07) is 10.2. The Kier molecular flexibility index (Phi) is 4.47. The second-order valence-corrected chi connectivity index (χ2v) is 5.36. The van der Waals surface area contributed by atoms with E-state index in [1.807, 2.05) is 49.0 Å². The van der Waals surface area contributed by atoms with Crippen LogP contribution in [-0.2, 0) is 12.8 Å². The molecule has 0 saturated carbocycles. The highest BCUT2D eigenvalue weighted by Crippen LogP contribution is 2.17. The summed E-state index contributed by atoms with van der Waals surface area (Å²) in [4.78, 5) is 8.92. The van der Waals surface area contributed by atoms with Crippen molar-refractivity contribution in [2.24, 2.45) is 0 Å². The first-order valence-electron chi connectivity index (χ1n) is 7.72. The Labute approximate surface area is 134 Å². The third kappa shape index (κ3) is 3.29. The zero-order valence-electron chi connectivity index (χ0n) is 13.5. The molecular weight excluding hydrogens is 292 g/mol. The van der Waals surface area contributed by atoms with Crippen molar-refractivity contribution in [3.05, 3.63) is 42.0 Å². The summed E-state index contributed by atoms with van der Waals surface area (Å²) < 4.78 is 7.13. The van der Waals surface area contributed by atoms with E-state index < -0.39 is 0 Å². The van der Waals surface area contributed by atoms with Gasteiger partial charge in [-0.15, -0.1) is 5.10 Å². The lowest BCUT2D eigenvalue weighted by Gasteiger charge is -2.04. The summed E-state index contributed by atoms with van der Waals surface area (Å²) in [5.41, 5.74) is 0.964. The van der Waals surface area contributed by atoms with Gasteiger partial charge in [0.25, 0.3) is 5.89 Å². The second kappa shape index (κ2) is 6.70. The normalized spacial score (nSPS) is 12.5. The van der Waals surface area contributed by atoms with E-state index in [9.17, 15) is 0 Å². The molecule has 3 aromatic rings. The van der Waals surface area contributed by atoms with Crippen LogP contribution >= 0.6 is 0 Å². The summed E-state index contributed by atoms with van der Waals surface area (Å²) in [5.74, 6) is 2.32. The number of aryl methyl sites for hydroxylation is 1. The molecule has 0 fully saturated rings. The molecule has 7 heteroatoms. The maximum absolute atomic E-state index is 5.32. The molecule has 0 saturated heterocycles. The minimum absolute atomic E-state index is 0.279. The van der Waals surface area contributed by atoms with Crippen LogP contribution in [0.15, 0.2) is 34.9 Å². The van der Waals surface area contributed by atoms with Crippen LogP contribution < -0.4 is 5.32 Å². The van der Waals surface area contributed by atoms with Crippen LogP contribution in [0, 0.1) is 0 Å². The van der Waals surface area contributed by atoms with Crippen molar-refractivity contribution in [3.8, 4) is 17.4 Å². The third-order valence-corrected chi connectivity index (χ3v) is 3.63. The Morgan fingerprint density at radius 1 is 1.22 bits per heavy atom. The Morgan fingerprint density at radius 2 is 2.00 bits per heavy atom. The predicted molar refractivity (Wildman–Crippen MR) is 86.3 cm³/mol. The summed E-state index contributed by atoms with van der Waals surface area (Å²) in [6.07, 6.45) is 1.46. The van der Waals surface area contributed by atoms with Gasteiger partial charge in [-0.3, -0.25) is 0 Å². The molecule has 7 nitrogen and oxygen atoms in total. The number of nitrogens with one attached hydrogen (secondary N) is 1. The standard InChI is InChI=1S/C16H20N6O/c1-4-14-19-15(20-22(14)12-8-6-5-7-9-12)16-18-13(21-23-16)10-11(2)17-3/h5-9,11,17H,4,10H2,1-3H3. The predicted octanol–water partition coefficient (Wildman–Crippen LogP) is 2.03. The Bertz CT molecular complexity index is 764. The average molecular weight is 312 g/mol. The zero-order chi connectivity index (χ0) is 16.2. The maximum atomic E-state index is 5.32. The lowest BCUT2D eigenvalue weighted by Crippen LogP contribution is -2.24. The maximum Gasteiger partial charge on any atom is 0.297 e.